The number of carbonyl (C=O) groups is 1. The molecule has 1 heterocycles. The van der Waals surface area contributed by atoms with Crippen LogP contribution in [0.4, 0.5) is 0 Å². The zero-order chi connectivity index (χ0) is 17.2. The molecule has 3 rings (SSSR count). The minimum absolute atomic E-state index is 0.00931. The number of hydrogen-bond acceptors (Lipinski definition) is 4. The van der Waals surface area contributed by atoms with Crippen molar-refractivity contribution in [3.63, 3.8) is 0 Å². The van der Waals surface area contributed by atoms with Gasteiger partial charge >= 0.3 is 5.97 Å². The number of aromatic nitrogens is 1. The first-order valence-electron chi connectivity index (χ1n) is 7.54. The molecule has 0 aliphatic rings. The summed E-state index contributed by atoms with van der Waals surface area (Å²) in [5.74, 6) is -1.08. The molecule has 0 saturated carbocycles. The first-order valence-corrected chi connectivity index (χ1v) is 8.35. The van der Waals surface area contributed by atoms with Gasteiger partial charge in [-0.1, -0.05) is 60.7 Å². The molecule has 0 fully saturated rings. The van der Waals surface area contributed by atoms with Crippen LogP contribution in [0.15, 0.2) is 60.7 Å². The smallest absolute Gasteiger partial charge is 0.355 e. The van der Waals surface area contributed by atoms with Gasteiger partial charge in [0.25, 0.3) is 0 Å². The van der Waals surface area contributed by atoms with E-state index in [4.69, 9.17) is 0 Å². The monoisotopic (exact) mass is 339 g/mol. The normalized spacial score (nSPS) is 13.4. The summed E-state index contributed by atoms with van der Waals surface area (Å²) in [5.41, 5.74) is 0.466. The van der Waals surface area contributed by atoms with E-state index in [1.807, 2.05) is 60.7 Å². The van der Waals surface area contributed by atoms with Gasteiger partial charge in [-0.2, -0.15) is 0 Å². The quantitative estimate of drug-likeness (QED) is 0.738. The van der Waals surface area contributed by atoms with Crippen LogP contribution in [0.25, 0.3) is 10.6 Å². The molecule has 0 spiro atoms. The summed E-state index contributed by atoms with van der Waals surface area (Å²) in [7, 11) is 0. The summed E-state index contributed by atoms with van der Waals surface area (Å²) < 4.78 is 0. The van der Waals surface area contributed by atoms with Crippen molar-refractivity contribution in [2.45, 2.75) is 18.9 Å². The van der Waals surface area contributed by atoms with Crippen molar-refractivity contribution < 1.29 is 15.0 Å². The number of carboxylic acids is 1. The molecule has 0 bridgehead atoms. The van der Waals surface area contributed by atoms with Crippen LogP contribution >= 0.6 is 11.3 Å². The number of thiazole rings is 1. The number of benzene rings is 2. The number of nitrogens with zero attached hydrogens (tertiary/aromatic N) is 1. The summed E-state index contributed by atoms with van der Waals surface area (Å²) in [6.45, 7) is 1.69. The van der Waals surface area contributed by atoms with E-state index in [1.165, 1.54) is 11.3 Å². The third-order valence-corrected chi connectivity index (χ3v) is 4.93. The van der Waals surface area contributed by atoms with Gasteiger partial charge in [-0.15, -0.1) is 11.3 Å². The molecular formula is C19H17NO3S. The van der Waals surface area contributed by atoms with Gasteiger partial charge in [0, 0.05) is 16.9 Å². The van der Waals surface area contributed by atoms with Crippen LogP contribution in [0.1, 0.15) is 27.9 Å². The number of rotatable bonds is 5. The summed E-state index contributed by atoms with van der Waals surface area (Å²) in [4.78, 5) is 16.4. The van der Waals surface area contributed by atoms with E-state index in [0.29, 0.717) is 9.88 Å². The van der Waals surface area contributed by atoms with Crippen molar-refractivity contribution in [1.82, 2.24) is 4.98 Å². The lowest BCUT2D eigenvalue weighted by Gasteiger charge is -2.23. The molecule has 0 amide bonds. The van der Waals surface area contributed by atoms with Crippen molar-refractivity contribution in [1.29, 1.82) is 0 Å². The van der Waals surface area contributed by atoms with Crippen molar-refractivity contribution >= 4 is 17.3 Å². The van der Waals surface area contributed by atoms with Gasteiger partial charge < -0.3 is 10.2 Å². The average molecular weight is 339 g/mol. The van der Waals surface area contributed by atoms with Gasteiger partial charge in [-0.25, -0.2) is 9.78 Å². The molecule has 0 saturated heterocycles. The highest BCUT2D eigenvalue weighted by atomic mass is 32.1. The summed E-state index contributed by atoms with van der Waals surface area (Å²) in [6.07, 6.45) is 0.198. The Morgan fingerprint density at radius 2 is 1.67 bits per heavy atom. The Morgan fingerprint density at radius 1 is 1.08 bits per heavy atom. The van der Waals surface area contributed by atoms with Crippen molar-refractivity contribution in [3.8, 4) is 10.6 Å². The van der Waals surface area contributed by atoms with Gasteiger partial charge in [0.2, 0.25) is 0 Å². The molecule has 2 aromatic carbocycles. The predicted molar refractivity (Wildman–Crippen MR) is 94.2 cm³/mol. The SMILES string of the molecule is CC(O)(Cc1sc(-c2ccccc2)nc1C(=O)O)c1ccccc1. The van der Waals surface area contributed by atoms with Crippen LogP contribution < -0.4 is 0 Å². The second kappa shape index (κ2) is 6.55. The Kier molecular flexibility index (Phi) is 4.46. The first-order chi connectivity index (χ1) is 11.5. The predicted octanol–water partition coefficient (Wildman–Crippen LogP) is 3.96. The van der Waals surface area contributed by atoms with Gasteiger partial charge in [0.05, 0.1) is 5.60 Å². The van der Waals surface area contributed by atoms with Crippen LogP contribution in [0.5, 0.6) is 0 Å². The number of carboxylic acid groups (broad SMARTS) is 1. The molecule has 0 aliphatic carbocycles. The van der Waals surface area contributed by atoms with Crippen molar-refractivity contribution in [2.24, 2.45) is 0 Å². The lowest BCUT2D eigenvalue weighted by atomic mass is 9.91. The average Bonchev–Trinajstić information content (AvgIpc) is 3.00. The first kappa shape index (κ1) is 16.4. The Balaban J connectivity index is 1.98. The lowest BCUT2D eigenvalue weighted by molar-refractivity contribution is 0.0572. The van der Waals surface area contributed by atoms with Crippen LogP contribution in [-0.2, 0) is 12.0 Å². The Labute approximate surface area is 144 Å². The Morgan fingerprint density at radius 3 is 2.25 bits per heavy atom. The summed E-state index contributed by atoms with van der Waals surface area (Å²) >= 11 is 1.31. The molecule has 0 radical (unpaired) electrons. The molecule has 2 N–H and O–H groups in total. The molecule has 1 aromatic heterocycles. The minimum Gasteiger partial charge on any atom is -0.476 e. The van der Waals surface area contributed by atoms with Crippen molar-refractivity contribution in [2.75, 3.05) is 0 Å². The van der Waals surface area contributed by atoms with Crippen LogP contribution in [-0.4, -0.2) is 21.2 Å². The van der Waals surface area contributed by atoms with Crippen LogP contribution in [0.3, 0.4) is 0 Å². The highest BCUT2D eigenvalue weighted by molar-refractivity contribution is 7.15. The third kappa shape index (κ3) is 3.37. The molecule has 0 aliphatic heterocycles. The van der Waals surface area contributed by atoms with Gasteiger partial charge in [0.15, 0.2) is 5.69 Å². The summed E-state index contributed by atoms with van der Waals surface area (Å²) in [5, 5.41) is 20.9. The zero-order valence-electron chi connectivity index (χ0n) is 13.1. The lowest BCUT2D eigenvalue weighted by Crippen LogP contribution is -2.24. The maximum absolute atomic E-state index is 11.6. The fourth-order valence-electron chi connectivity index (χ4n) is 2.55. The molecular weight excluding hydrogens is 322 g/mol. The van der Waals surface area contributed by atoms with Gasteiger partial charge in [-0.3, -0.25) is 0 Å². The number of hydrogen-bond donors (Lipinski definition) is 2. The molecule has 3 aromatic rings. The maximum Gasteiger partial charge on any atom is 0.355 e. The van der Waals surface area contributed by atoms with E-state index in [0.717, 1.165) is 11.1 Å². The molecule has 122 valence electrons. The molecule has 5 heteroatoms. The van der Waals surface area contributed by atoms with E-state index < -0.39 is 11.6 Å². The van der Waals surface area contributed by atoms with Gasteiger partial charge in [-0.05, 0) is 12.5 Å². The van der Waals surface area contributed by atoms with E-state index in [1.54, 1.807) is 6.92 Å². The molecule has 1 unspecified atom stereocenters. The molecule has 4 nitrogen and oxygen atoms in total. The van der Waals surface area contributed by atoms with Crippen LogP contribution in [0.2, 0.25) is 0 Å². The third-order valence-electron chi connectivity index (χ3n) is 3.82. The van der Waals surface area contributed by atoms with E-state index in [2.05, 4.69) is 4.98 Å². The second-order valence-electron chi connectivity index (χ2n) is 5.78. The fourth-order valence-corrected chi connectivity index (χ4v) is 3.76. The minimum atomic E-state index is -1.16. The van der Waals surface area contributed by atoms with E-state index in [-0.39, 0.29) is 12.1 Å². The largest absolute Gasteiger partial charge is 0.476 e. The number of aliphatic hydroxyl groups is 1. The standard InChI is InChI=1S/C19H17NO3S/c1-19(23,14-10-6-3-7-11-14)12-15-16(18(21)22)20-17(24-15)13-8-4-2-5-9-13/h2-11,23H,12H2,1H3,(H,21,22). The molecule has 1 atom stereocenters. The van der Waals surface area contributed by atoms with Crippen molar-refractivity contribution in [3.05, 3.63) is 76.8 Å². The fraction of sp³-hybridized carbons (Fsp3) is 0.158. The van der Waals surface area contributed by atoms with Gasteiger partial charge in [0.1, 0.15) is 5.01 Å². The molecule has 24 heavy (non-hydrogen) atoms. The highest BCUT2D eigenvalue weighted by Gasteiger charge is 2.28. The maximum atomic E-state index is 11.6. The number of aromatic carboxylic acids is 1. The van der Waals surface area contributed by atoms with E-state index >= 15 is 0 Å². The second-order valence-corrected chi connectivity index (χ2v) is 6.86. The van der Waals surface area contributed by atoms with E-state index in [9.17, 15) is 15.0 Å². The van der Waals surface area contributed by atoms with Crippen LogP contribution in [0, 0.1) is 0 Å². The topological polar surface area (TPSA) is 70.4 Å². The Hall–Kier alpha value is -2.50. The highest BCUT2D eigenvalue weighted by Crippen LogP contribution is 2.33. The Bertz CT molecular complexity index is 842. The zero-order valence-corrected chi connectivity index (χ0v) is 14.0. The summed E-state index contributed by atoms with van der Waals surface area (Å²) in [6, 6.07) is 18.7.